The second kappa shape index (κ2) is 6.47. The van der Waals surface area contributed by atoms with Crippen LogP contribution in [0.15, 0.2) is 24.3 Å². The van der Waals surface area contributed by atoms with Crippen molar-refractivity contribution in [1.29, 1.82) is 0 Å². The standard InChI is InChI=1S/C15H17F3O3/c16-15(17,18)11-6-4-5-10(9-11)13(14(19)20)21-12-7-2-1-3-8-12/h4-6,9,12-13H,1-3,7-8H2,(H,19,20). The molecule has 0 bridgehead atoms. The van der Waals surface area contributed by atoms with Crippen LogP contribution in [-0.4, -0.2) is 17.2 Å². The summed E-state index contributed by atoms with van der Waals surface area (Å²) in [5.74, 6) is -1.26. The Kier molecular flexibility index (Phi) is 4.88. The van der Waals surface area contributed by atoms with Gasteiger partial charge < -0.3 is 9.84 Å². The van der Waals surface area contributed by atoms with E-state index in [-0.39, 0.29) is 11.7 Å². The minimum atomic E-state index is -4.50. The molecule has 3 nitrogen and oxygen atoms in total. The maximum atomic E-state index is 12.7. The molecule has 1 fully saturated rings. The highest BCUT2D eigenvalue weighted by Crippen LogP contribution is 2.33. The molecule has 0 radical (unpaired) electrons. The van der Waals surface area contributed by atoms with Crippen LogP contribution in [0.1, 0.15) is 49.3 Å². The molecule has 1 N–H and O–H groups in total. The lowest BCUT2D eigenvalue weighted by Crippen LogP contribution is -2.24. The minimum absolute atomic E-state index is 0.0305. The Morgan fingerprint density at radius 3 is 2.48 bits per heavy atom. The Hall–Kier alpha value is -1.56. The predicted octanol–water partition coefficient (Wildman–Crippen LogP) is 4.18. The molecule has 1 aliphatic rings. The summed E-state index contributed by atoms with van der Waals surface area (Å²) in [4.78, 5) is 11.3. The SMILES string of the molecule is O=C(O)C(OC1CCCCC1)c1cccc(C(F)(F)F)c1. The Bertz CT molecular complexity index is 493. The number of carboxylic acid groups (broad SMARTS) is 1. The highest BCUT2D eigenvalue weighted by molar-refractivity contribution is 5.74. The van der Waals surface area contributed by atoms with Crippen molar-refractivity contribution in [3.63, 3.8) is 0 Å². The molecule has 1 atom stereocenters. The van der Waals surface area contributed by atoms with E-state index in [2.05, 4.69) is 0 Å². The fourth-order valence-corrected chi connectivity index (χ4v) is 2.55. The van der Waals surface area contributed by atoms with Crippen LogP contribution >= 0.6 is 0 Å². The minimum Gasteiger partial charge on any atom is -0.479 e. The van der Waals surface area contributed by atoms with Gasteiger partial charge in [0.25, 0.3) is 0 Å². The van der Waals surface area contributed by atoms with Gasteiger partial charge in [0.2, 0.25) is 0 Å². The molecule has 116 valence electrons. The van der Waals surface area contributed by atoms with Crippen LogP contribution in [0.3, 0.4) is 0 Å². The number of ether oxygens (including phenoxy) is 1. The summed E-state index contributed by atoms with van der Waals surface area (Å²) < 4.78 is 43.6. The van der Waals surface area contributed by atoms with Crippen molar-refractivity contribution in [3.8, 4) is 0 Å². The van der Waals surface area contributed by atoms with E-state index >= 15 is 0 Å². The molecule has 1 aliphatic carbocycles. The number of carbonyl (C=O) groups is 1. The maximum absolute atomic E-state index is 12.7. The number of hydrogen-bond donors (Lipinski definition) is 1. The first-order chi connectivity index (χ1) is 9.88. The highest BCUT2D eigenvalue weighted by Gasteiger charge is 2.33. The molecule has 0 saturated heterocycles. The van der Waals surface area contributed by atoms with Gasteiger partial charge in [-0.1, -0.05) is 31.4 Å². The van der Waals surface area contributed by atoms with Crippen LogP contribution in [-0.2, 0) is 15.7 Å². The van der Waals surface area contributed by atoms with E-state index in [0.29, 0.717) is 0 Å². The Balaban J connectivity index is 2.19. The van der Waals surface area contributed by atoms with Gasteiger partial charge in [0.1, 0.15) is 0 Å². The molecule has 2 rings (SSSR count). The number of alkyl halides is 3. The quantitative estimate of drug-likeness (QED) is 0.907. The summed E-state index contributed by atoms with van der Waals surface area (Å²) in [7, 11) is 0. The predicted molar refractivity (Wildman–Crippen MR) is 69.8 cm³/mol. The summed E-state index contributed by atoms with van der Waals surface area (Å²) in [5.41, 5.74) is -0.832. The monoisotopic (exact) mass is 302 g/mol. The van der Waals surface area contributed by atoms with Crippen LogP contribution in [0, 0.1) is 0 Å². The van der Waals surface area contributed by atoms with E-state index in [1.807, 2.05) is 0 Å². The normalized spacial score (nSPS) is 18.4. The third kappa shape index (κ3) is 4.20. The molecule has 21 heavy (non-hydrogen) atoms. The average molecular weight is 302 g/mol. The molecule has 1 aromatic rings. The number of hydrogen-bond acceptors (Lipinski definition) is 2. The number of rotatable bonds is 4. The largest absolute Gasteiger partial charge is 0.479 e. The number of benzene rings is 1. The van der Waals surface area contributed by atoms with E-state index in [9.17, 15) is 23.1 Å². The molecule has 1 saturated carbocycles. The van der Waals surface area contributed by atoms with Crippen molar-refractivity contribution in [2.75, 3.05) is 0 Å². The van der Waals surface area contributed by atoms with Gasteiger partial charge in [0, 0.05) is 0 Å². The van der Waals surface area contributed by atoms with Crippen molar-refractivity contribution in [2.24, 2.45) is 0 Å². The molecule has 0 amide bonds. The number of halogens is 3. The van der Waals surface area contributed by atoms with Crippen molar-refractivity contribution in [1.82, 2.24) is 0 Å². The van der Waals surface area contributed by atoms with E-state index in [1.54, 1.807) is 0 Å². The van der Waals surface area contributed by atoms with E-state index < -0.39 is 23.8 Å². The number of aliphatic carboxylic acids is 1. The number of carboxylic acids is 1. The van der Waals surface area contributed by atoms with Crippen LogP contribution in [0.4, 0.5) is 13.2 Å². The Morgan fingerprint density at radius 1 is 1.24 bits per heavy atom. The summed E-state index contributed by atoms with van der Waals surface area (Å²) in [6.07, 6.45) is -1.54. The van der Waals surface area contributed by atoms with E-state index in [0.717, 1.165) is 44.2 Å². The van der Waals surface area contributed by atoms with Gasteiger partial charge in [-0.15, -0.1) is 0 Å². The summed E-state index contributed by atoms with van der Waals surface area (Å²) in [6, 6.07) is 4.33. The Labute approximate surface area is 120 Å². The highest BCUT2D eigenvalue weighted by atomic mass is 19.4. The summed E-state index contributed by atoms with van der Waals surface area (Å²) in [5, 5.41) is 9.24. The van der Waals surface area contributed by atoms with Crippen molar-refractivity contribution < 1.29 is 27.8 Å². The molecule has 0 aliphatic heterocycles. The molecule has 0 spiro atoms. The van der Waals surface area contributed by atoms with Gasteiger partial charge in [-0.2, -0.15) is 13.2 Å². The lowest BCUT2D eigenvalue weighted by Gasteiger charge is -2.26. The lowest BCUT2D eigenvalue weighted by molar-refractivity contribution is -0.156. The van der Waals surface area contributed by atoms with Crippen molar-refractivity contribution >= 4 is 5.97 Å². The van der Waals surface area contributed by atoms with Crippen molar-refractivity contribution in [2.45, 2.75) is 50.5 Å². The second-order valence-electron chi connectivity index (χ2n) is 5.24. The lowest BCUT2D eigenvalue weighted by atomic mass is 9.97. The zero-order valence-electron chi connectivity index (χ0n) is 11.4. The van der Waals surface area contributed by atoms with Crippen LogP contribution < -0.4 is 0 Å². The smallest absolute Gasteiger partial charge is 0.416 e. The van der Waals surface area contributed by atoms with E-state index in [1.165, 1.54) is 12.1 Å². The van der Waals surface area contributed by atoms with Crippen LogP contribution in [0.2, 0.25) is 0 Å². The van der Waals surface area contributed by atoms with Gasteiger partial charge in [0.15, 0.2) is 6.10 Å². The van der Waals surface area contributed by atoms with Gasteiger partial charge in [-0.05, 0) is 30.5 Å². The molecular formula is C15H17F3O3. The van der Waals surface area contributed by atoms with E-state index in [4.69, 9.17) is 4.74 Å². The van der Waals surface area contributed by atoms with Crippen LogP contribution in [0.25, 0.3) is 0 Å². The molecule has 1 unspecified atom stereocenters. The zero-order valence-corrected chi connectivity index (χ0v) is 11.4. The molecule has 1 aromatic carbocycles. The van der Waals surface area contributed by atoms with Gasteiger partial charge >= 0.3 is 12.1 Å². The summed E-state index contributed by atoms with van der Waals surface area (Å²) in [6.45, 7) is 0. The third-order valence-corrected chi connectivity index (χ3v) is 3.62. The fraction of sp³-hybridized carbons (Fsp3) is 0.533. The van der Waals surface area contributed by atoms with Gasteiger partial charge in [-0.25, -0.2) is 4.79 Å². The summed E-state index contributed by atoms with van der Waals surface area (Å²) >= 11 is 0. The van der Waals surface area contributed by atoms with Gasteiger partial charge in [0.05, 0.1) is 11.7 Å². The first kappa shape index (κ1) is 15.8. The van der Waals surface area contributed by atoms with Crippen LogP contribution in [0.5, 0.6) is 0 Å². The molecule has 0 aromatic heterocycles. The molecule has 6 heteroatoms. The maximum Gasteiger partial charge on any atom is 0.416 e. The third-order valence-electron chi connectivity index (χ3n) is 3.62. The first-order valence-electron chi connectivity index (χ1n) is 6.93. The van der Waals surface area contributed by atoms with Crippen molar-refractivity contribution in [3.05, 3.63) is 35.4 Å². The first-order valence-corrected chi connectivity index (χ1v) is 6.93. The topological polar surface area (TPSA) is 46.5 Å². The second-order valence-corrected chi connectivity index (χ2v) is 5.24. The fourth-order valence-electron chi connectivity index (χ4n) is 2.55. The molecule has 0 heterocycles. The van der Waals surface area contributed by atoms with Gasteiger partial charge in [-0.3, -0.25) is 0 Å². The average Bonchev–Trinajstić information content (AvgIpc) is 2.45. The Morgan fingerprint density at radius 2 is 1.90 bits per heavy atom. The molecular weight excluding hydrogens is 285 g/mol. The zero-order chi connectivity index (χ0) is 15.5.